The highest BCUT2D eigenvalue weighted by molar-refractivity contribution is 5.99. The number of hydrogen-bond acceptors (Lipinski definition) is 2. The molecular weight excluding hydrogens is 394 g/mol. The number of carbonyl (C=O) groups excluding carboxylic acids is 1. The van der Waals surface area contributed by atoms with E-state index < -0.39 is 5.91 Å². The minimum atomic E-state index is -0.412. The van der Waals surface area contributed by atoms with Gasteiger partial charge in [-0.25, -0.2) is 0 Å². The number of aromatic amines is 1. The largest absolute Gasteiger partial charge is 0.366 e. The summed E-state index contributed by atoms with van der Waals surface area (Å²) in [5, 5.41) is 3.67. The van der Waals surface area contributed by atoms with Crippen LogP contribution in [0.2, 0.25) is 0 Å². The van der Waals surface area contributed by atoms with Gasteiger partial charge in [0.25, 0.3) is 0 Å². The molecule has 0 aliphatic carbocycles. The van der Waals surface area contributed by atoms with E-state index in [2.05, 4.69) is 65.6 Å². The first-order chi connectivity index (χ1) is 15.6. The van der Waals surface area contributed by atoms with Gasteiger partial charge in [-0.15, -0.1) is 0 Å². The third kappa shape index (κ3) is 3.66. The molecule has 4 aromatic carbocycles. The number of benzene rings is 4. The maximum atomic E-state index is 11.6. The number of aromatic nitrogens is 1. The lowest BCUT2D eigenvalue weighted by atomic mass is 9.95. The highest BCUT2D eigenvalue weighted by Crippen LogP contribution is 2.33. The monoisotopic (exact) mass is 419 g/mol. The molecule has 0 aliphatic heterocycles. The average Bonchev–Trinajstić information content (AvgIpc) is 3.15. The van der Waals surface area contributed by atoms with Crippen LogP contribution >= 0.6 is 0 Å². The number of amides is 1. The molecule has 1 amide bonds. The van der Waals surface area contributed by atoms with Crippen molar-refractivity contribution in [2.24, 2.45) is 11.5 Å². The Bertz CT molecular complexity index is 1440. The van der Waals surface area contributed by atoms with Crippen LogP contribution in [0.5, 0.6) is 0 Å². The standard InChI is InChI=1S/C28H25N3O/c29-14-13-24-25-17-20(23-10-4-7-19-6-1-2-9-22(19)23)11-12-26(25)31-27(24)16-18-5-3-8-21(15-18)28(30)32/h1-12,15,17,31H,13-14,16,29H2,(H2,30,32). The first kappa shape index (κ1) is 20.0. The lowest BCUT2D eigenvalue weighted by molar-refractivity contribution is 0.1000. The molecule has 0 bridgehead atoms. The number of primary amides is 1. The topological polar surface area (TPSA) is 84.9 Å². The van der Waals surface area contributed by atoms with Gasteiger partial charge >= 0.3 is 0 Å². The molecule has 0 aliphatic rings. The Morgan fingerprint density at radius 2 is 1.66 bits per heavy atom. The summed E-state index contributed by atoms with van der Waals surface area (Å²) in [4.78, 5) is 15.2. The third-order valence-electron chi connectivity index (χ3n) is 6.08. The van der Waals surface area contributed by atoms with Crippen molar-refractivity contribution < 1.29 is 4.79 Å². The Kier molecular flexibility index (Phi) is 5.21. The number of H-pyrrole nitrogens is 1. The fraction of sp³-hybridized carbons (Fsp3) is 0.107. The zero-order valence-corrected chi connectivity index (χ0v) is 17.8. The van der Waals surface area contributed by atoms with E-state index in [9.17, 15) is 4.79 Å². The molecule has 5 aromatic rings. The first-order valence-electron chi connectivity index (χ1n) is 10.8. The van der Waals surface area contributed by atoms with Gasteiger partial charge in [0.15, 0.2) is 0 Å². The molecule has 0 atom stereocenters. The van der Waals surface area contributed by atoms with Crippen molar-refractivity contribution in [2.75, 3.05) is 6.54 Å². The molecular formula is C28H25N3O. The second kappa shape index (κ2) is 8.33. The van der Waals surface area contributed by atoms with Crippen molar-refractivity contribution in [2.45, 2.75) is 12.8 Å². The van der Waals surface area contributed by atoms with Gasteiger partial charge in [0, 0.05) is 28.6 Å². The van der Waals surface area contributed by atoms with Crippen LogP contribution in [0.15, 0.2) is 84.9 Å². The molecule has 158 valence electrons. The molecule has 0 unspecified atom stereocenters. The molecule has 32 heavy (non-hydrogen) atoms. The van der Waals surface area contributed by atoms with Crippen LogP contribution in [0, 0.1) is 0 Å². The van der Waals surface area contributed by atoms with Gasteiger partial charge in [-0.2, -0.15) is 0 Å². The van der Waals surface area contributed by atoms with Gasteiger partial charge in [0.2, 0.25) is 5.91 Å². The normalized spacial score (nSPS) is 11.3. The lowest BCUT2D eigenvalue weighted by Gasteiger charge is -2.08. The Balaban J connectivity index is 1.61. The number of rotatable bonds is 6. The molecule has 0 saturated carbocycles. The summed E-state index contributed by atoms with van der Waals surface area (Å²) in [6, 6.07) is 29.0. The number of nitrogens with two attached hydrogens (primary N) is 2. The highest BCUT2D eigenvalue weighted by Gasteiger charge is 2.14. The number of carbonyl (C=O) groups is 1. The third-order valence-corrected chi connectivity index (χ3v) is 6.08. The minimum Gasteiger partial charge on any atom is -0.366 e. The summed E-state index contributed by atoms with van der Waals surface area (Å²) in [6.07, 6.45) is 1.47. The molecule has 4 nitrogen and oxygen atoms in total. The van der Waals surface area contributed by atoms with Gasteiger partial charge in [-0.1, -0.05) is 60.7 Å². The van der Waals surface area contributed by atoms with Crippen molar-refractivity contribution in [3.05, 3.63) is 107 Å². The molecule has 0 spiro atoms. The Hall–Kier alpha value is -3.89. The molecule has 0 fully saturated rings. The zero-order valence-electron chi connectivity index (χ0n) is 17.8. The van der Waals surface area contributed by atoms with E-state index in [0.29, 0.717) is 18.5 Å². The van der Waals surface area contributed by atoms with Crippen molar-refractivity contribution in [3.8, 4) is 11.1 Å². The second-order valence-electron chi connectivity index (χ2n) is 8.15. The number of nitrogens with one attached hydrogen (secondary N) is 1. The highest BCUT2D eigenvalue weighted by atomic mass is 16.1. The van der Waals surface area contributed by atoms with E-state index in [1.165, 1.54) is 32.8 Å². The maximum absolute atomic E-state index is 11.6. The smallest absolute Gasteiger partial charge is 0.248 e. The van der Waals surface area contributed by atoms with Crippen LogP contribution in [0.4, 0.5) is 0 Å². The van der Waals surface area contributed by atoms with Gasteiger partial charge in [0.1, 0.15) is 0 Å². The van der Waals surface area contributed by atoms with Crippen molar-refractivity contribution in [3.63, 3.8) is 0 Å². The van der Waals surface area contributed by atoms with Crippen molar-refractivity contribution in [1.29, 1.82) is 0 Å². The second-order valence-corrected chi connectivity index (χ2v) is 8.15. The predicted molar refractivity (Wildman–Crippen MR) is 132 cm³/mol. The summed E-state index contributed by atoms with van der Waals surface area (Å²) < 4.78 is 0. The van der Waals surface area contributed by atoms with E-state index in [4.69, 9.17) is 11.5 Å². The predicted octanol–water partition coefficient (Wildman–Crippen LogP) is 5.18. The molecule has 4 heteroatoms. The summed E-state index contributed by atoms with van der Waals surface area (Å²) >= 11 is 0. The molecule has 1 aromatic heterocycles. The van der Waals surface area contributed by atoms with Crippen molar-refractivity contribution >= 4 is 27.6 Å². The van der Waals surface area contributed by atoms with Gasteiger partial charge in [-0.05, 0) is 70.3 Å². The molecule has 1 heterocycles. The lowest BCUT2D eigenvalue weighted by Crippen LogP contribution is -2.11. The average molecular weight is 420 g/mol. The summed E-state index contributed by atoms with van der Waals surface area (Å²) in [7, 11) is 0. The van der Waals surface area contributed by atoms with Crippen LogP contribution in [0.3, 0.4) is 0 Å². The van der Waals surface area contributed by atoms with Crippen molar-refractivity contribution in [1.82, 2.24) is 4.98 Å². The summed E-state index contributed by atoms with van der Waals surface area (Å²) in [5.74, 6) is -0.412. The fourth-order valence-electron chi connectivity index (χ4n) is 4.57. The van der Waals surface area contributed by atoms with E-state index in [0.717, 1.165) is 23.2 Å². The number of fused-ring (bicyclic) bond motifs is 2. The van der Waals surface area contributed by atoms with Crippen LogP contribution in [0.1, 0.15) is 27.2 Å². The molecule has 5 rings (SSSR count). The SMILES string of the molecule is NCCc1c(Cc2cccc(C(N)=O)c2)[nH]c2ccc(-c3cccc4ccccc34)cc12. The van der Waals surface area contributed by atoms with Crippen LogP contribution in [0.25, 0.3) is 32.8 Å². The Labute approximate surface area is 186 Å². The maximum Gasteiger partial charge on any atom is 0.248 e. The van der Waals surface area contributed by atoms with Gasteiger partial charge in [-0.3, -0.25) is 4.79 Å². The molecule has 0 radical (unpaired) electrons. The zero-order chi connectivity index (χ0) is 22.1. The van der Waals surface area contributed by atoms with E-state index in [1.807, 2.05) is 18.2 Å². The van der Waals surface area contributed by atoms with Gasteiger partial charge < -0.3 is 16.5 Å². The Morgan fingerprint density at radius 3 is 2.50 bits per heavy atom. The fourth-order valence-corrected chi connectivity index (χ4v) is 4.57. The quantitative estimate of drug-likeness (QED) is 0.354. The van der Waals surface area contributed by atoms with Crippen LogP contribution in [-0.4, -0.2) is 17.4 Å². The minimum absolute atomic E-state index is 0.412. The van der Waals surface area contributed by atoms with E-state index in [-0.39, 0.29) is 0 Å². The van der Waals surface area contributed by atoms with Crippen LogP contribution in [-0.2, 0) is 12.8 Å². The summed E-state index contributed by atoms with van der Waals surface area (Å²) in [5.41, 5.74) is 18.9. The van der Waals surface area contributed by atoms with E-state index >= 15 is 0 Å². The van der Waals surface area contributed by atoms with Crippen LogP contribution < -0.4 is 11.5 Å². The first-order valence-corrected chi connectivity index (χ1v) is 10.8. The number of hydrogen-bond donors (Lipinski definition) is 3. The Morgan fingerprint density at radius 1 is 0.844 bits per heavy atom. The molecule has 5 N–H and O–H groups in total. The molecule has 0 saturated heterocycles. The summed E-state index contributed by atoms with van der Waals surface area (Å²) in [6.45, 7) is 0.569. The van der Waals surface area contributed by atoms with Gasteiger partial charge in [0.05, 0.1) is 0 Å². The van der Waals surface area contributed by atoms with E-state index in [1.54, 1.807) is 6.07 Å².